The molecule has 0 aliphatic heterocycles. The first-order chi connectivity index (χ1) is 5.04. The van der Waals surface area contributed by atoms with Crippen molar-refractivity contribution < 1.29 is 4.79 Å². The first-order valence-electron chi connectivity index (χ1n) is 4.19. The van der Waals surface area contributed by atoms with Gasteiger partial charge in [-0.1, -0.05) is 6.92 Å². The largest absolute Gasteiger partial charge is 0.309 e. The van der Waals surface area contributed by atoms with Gasteiger partial charge in [0.1, 0.15) is 5.78 Å². The van der Waals surface area contributed by atoms with Crippen molar-refractivity contribution in [2.75, 3.05) is 20.6 Å². The maximum atomic E-state index is 10.8. The lowest BCUT2D eigenvalue weighted by Gasteiger charge is -2.11. The van der Waals surface area contributed by atoms with E-state index in [4.69, 9.17) is 0 Å². The summed E-state index contributed by atoms with van der Waals surface area (Å²) in [7, 11) is 4.11. The highest BCUT2D eigenvalue weighted by atomic mass is 16.1. The van der Waals surface area contributed by atoms with Gasteiger partial charge in [-0.25, -0.2) is 0 Å². The lowest BCUT2D eigenvalue weighted by atomic mass is 10.0. The molecular weight excluding hydrogens is 138 g/mol. The van der Waals surface area contributed by atoms with E-state index in [2.05, 4.69) is 19.0 Å². The van der Waals surface area contributed by atoms with Gasteiger partial charge in [0.2, 0.25) is 0 Å². The minimum absolute atomic E-state index is 0.245. The monoisotopic (exact) mass is 157 g/mol. The second-order valence-corrected chi connectivity index (χ2v) is 3.46. The zero-order valence-electron chi connectivity index (χ0n) is 8.05. The van der Waals surface area contributed by atoms with E-state index in [0.29, 0.717) is 5.78 Å². The van der Waals surface area contributed by atoms with Gasteiger partial charge in [-0.2, -0.15) is 0 Å². The molecule has 0 aliphatic carbocycles. The highest BCUT2D eigenvalue weighted by Crippen LogP contribution is 2.06. The Bertz CT molecular complexity index is 121. The predicted octanol–water partition coefficient (Wildman–Crippen LogP) is 1.55. The minimum atomic E-state index is 0.245. The molecule has 0 amide bonds. The van der Waals surface area contributed by atoms with Gasteiger partial charge < -0.3 is 4.90 Å². The summed E-state index contributed by atoms with van der Waals surface area (Å²) in [6, 6.07) is 0. The highest BCUT2D eigenvalue weighted by molar-refractivity contribution is 5.77. The van der Waals surface area contributed by atoms with Crippen molar-refractivity contribution in [2.24, 2.45) is 5.92 Å². The predicted molar refractivity (Wildman–Crippen MR) is 47.6 cm³/mol. The Morgan fingerprint density at radius 1 is 1.45 bits per heavy atom. The summed E-state index contributed by atoms with van der Waals surface area (Å²) in [5, 5.41) is 0. The van der Waals surface area contributed by atoms with Crippen LogP contribution in [0.25, 0.3) is 0 Å². The SMILES string of the molecule is CC(=O)C(C)CCCN(C)C. The first kappa shape index (κ1) is 10.6. The summed E-state index contributed by atoms with van der Waals surface area (Å²) in [6.07, 6.45) is 2.14. The van der Waals surface area contributed by atoms with E-state index in [-0.39, 0.29) is 5.92 Å². The van der Waals surface area contributed by atoms with Crippen molar-refractivity contribution >= 4 is 5.78 Å². The average Bonchev–Trinajstić information content (AvgIpc) is 1.86. The average molecular weight is 157 g/mol. The summed E-state index contributed by atoms with van der Waals surface area (Å²) in [4.78, 5) is 13.0. The first-order valence-corrected chi connectivity index (χ1v) is 4.19. The second-order valence-electron chi connectivity index (χ2n) is 3.46. The van der Waals surface area contributed by atoms with Gasteiger partial charge in [-0.15, -0.1) is 0 Å². The fourth-order valence-electron chi connectivity index (χ4n) is 0.917. The molecule has 0 fully saturated rings. The van der Waals surface area contributed by atoms with Crippen LogP contribution in [0.1, 0.15) is 26.7 Å². The molecule has 0 rings (SSSR count). The Balaban J connectivity index is 3.31. The van der Waals surface area contributed by atoms with E-state index in [1.54, 1.807) is 6.92 Å². The van der Waals surface area contributed by atoms with Crippen LogP contribution in [-0.2, 0) is 4.79 Å². The van der Waals surface area contributed by atoms with Gasteiger partial charge in [0, 0.05) is 5.92 Å². The third-order valence-electron chi connectivity index (χ3n) is 1.94. The number of Topliss-reactive ketones (excluding diaryl/α,β-unsaturated/α-hetero) is 1. The Labute approximate surface area is 69.6 Å². The van der Waals surface area contributed by atoms with Crippen LogP contribution < -0.4 is 0 Å². The van der Waals surface area contributed by atoms with Crippen LogP contribution in [0.3, 0.4) is 0 Å². The van der Waals surface area contributed by atoms with E-state index in [1.165, 1.54) is 0 Å². The highest BCUT2D eigenvalue weighted by Gasteiger charge is 2.06. The zero-order valence-corrected chi connectivity index (χ0v) is 8.05. The van der Waals surface area contributed by atoms with Gasteiger partial charge >= 0.3 is 0 Å². The molecule has 0 N–H and O–H groups in total. The molecule has 0 saturated carbocycles. The number of carbonyl (C=O) groups excluding carboxylic acids is 1. The zero-order chi connectivity index (χ0) is 8.85. The van der Waals surface area contributed by atoms with E-state index in [0.717, 1.165) is 19.4 Å². The van der Waals surface area contributed by atoms with Gasteiger partial charge in [-0.05, 0) is 40.4 Å². The van der Waals surface area contributed by atoms with Gasteiger partial charge in [0.15, 0.2) is 0 Å². The van der Waals surface area contributed by atoms with Crippen LogP contribution in [0.15, 0.2) is 0 Å². The Morgan fingerprint density at radius 2 is 2.00 bits per heavy atom. The summed E-state index contributed by atoms with van der Waals surface area (Å²) in [6.45, 7) is 4.75. The lowest BCUT2D eigenvalue weighted by Crippen LogP contribution is -2.15. The van der Waals surface area contributed by atoms with Crippen LogP contribution in [0.4, 0.5) is 0 Å². The fourth-order valence-corrected chi connectivity index (χ4v) is 0.917. The molecule has 0 heterocycles. The Morgan fingerprint density at radius 3 is 2.36 bits per heavy atom. The Kier molecular flexibility index (Phi) is 5.12. The third-order valence-corrected chi connectivity index (χ3v) is 1.94. The number of carbonyl (C=O) groups is 1. The molecule has 0 aromatic rings. The summed E-state index contributed by atoms with van der Waals surface area (Å²) in [5.41, 5.74) is 0. The normalized spacial score (nSPS) is 13.5. The van der Waals surface area contributed by atoms with Crippen molar-refractivity contribution in [1.29, 1.82) is 0 Å². The molecule has 2 heteroatoms. The molecule has 66 valence electrons. The molecule has 0 aromatic carbocycles. The number of hydrogen-bond acceptors (Lipinski definition) is 2. The smallest absolute Gasteiger partial charge is 0.132 e. The van der Waals surface area contributed by atoms with Crippen molar-refractivity contribution in [1.82, 2.24) is 4.90 Å². The van der Waals surface area contributed by atoms with Gasteiger partial charge in [-0.3, -0.25) is 4.79 Å². The van der Waals surface area contributed by atoms with Gasteiger partial charge in [0.05, 0.1) is 0 Å². The van der Waals surface area contributed by atoms with E-state index < -0.39 is 0 Å². The van der Waals surface area contributed by atoms with Crippen LogP contribution >= 0.6 is 0 Å². The molecule has 0 aromatic heterocycles. The molecule has 2 nitrogen and oxygen atoms in total. The maximum Gasteiger partial charge on any atom is 0.132 e. The fraction of sp³-hybridized carbons (Fsp3) is 0.889. The molecule has 11 heavy (non-hydrogen) atoms. The van der Waals surface area contributed by atoms with E-state index >= 15 is 0 Å². The molecule has 1 atom stereocenters. The molecule has 0 spiro atoms. The van der Waals surface area contributed by atoms with Crippen molar-refractivity contribution in [3.8, 4) is 0 Å². The third kappa shape index (κ3) is 6.05. The van der Waals surface area contributed by atoms with Crippen LogP contribution in [-0.4, -0.2) is 31.3 Å². The van der Waals surface area contributed by atoms with E-state index in [1.807, 2.05) is 6.92 Å². The summed E-state index contributed by atoms with van der Waals surface area (Å²) in [5.74, 6) is 0.554. The Hall–Kier alpha value is -0.370. The number of hydrogen-bond donors (Lipinski definition) is 0. The lowest BCUT2D eigenvalue weighted by molar-refractivity contribution is -0.120. The molecule has 0 saturated heterocycles. The molecule has 0 aliphatic rings. The summed E-state index contributed by atoms with van der Waals surface area (Å²) < 4.78 is 0. The van der Waals surface area contributed by atoms with Gasteiger partial charge in [0.25, 0.3) is 0 Å². The van der Waals surface area contributed by atoms with Crippen molar-refractivity contribution in [3.63, 3.8) is 0 Å². The quantitative estimate of drug-likeness (QED) is 0.603. The molecule has 0 bridgehead atoms. The molecule has 1 unspecified atom stereocenters. The maximum absolute atomic E-state index is 10.8. The summed E-state index contributed by atoms with van der Waals surface area (Å²) >= 11 is 0. The van der Waals surface area contributed by atoms with E-state index in [9.17, 15) is 4.79 Å². The number of ketones is 1. The van der Waals surface area contributed by atoms with Crippen LogP contribution in [0.5, 0.6) is 0 Å². The van der Waals surface area contributed by atoms with Crippen molar-refractivity contribution in [3.05, 3.63) is 0 Å². The second kappa shape index (κ2) is 5.30. The molecule has 0 radical (unpaired) electrons. The van der Waals surface area contributed by atoms with Crippen LogP contribution in [0, 0.1) is 5.92 Å². The minimum Gasteiger partial charge on any atom is -0.309 e. The number of rotatable bonds is 5. The number of nitrogens with zero attached hydrogens (tertiary/aromatic N) is 1. The van der Waals surface area contributed by atoms with Crippen LogP contribution in [0.2, 0.25) is 0 Å². The standard InChI is InChI=1S/C9H19NO/c1-8(9(2)11)6-5-7-10(3)4/h8H,5-7H2,1-4H3. The van der Waals surface area contributed by atoms with Crippen molar-refractivity contribution in [2.45, 2.75) is 26.7 Å². The topological polar surface area (TPSA) is 20.3 Å². The molecular formula is C9H19NO.